The van der Waals surface area contributed by atoms with Crippen molar-refractivity contribution in [1.82, 2.24) is 5.32 Å². The maximum absolute atomic E-state index is 13.6. The van der Waals surface area contributed by atoms with Crippen molar-refractivity contribution in [3.05, 3.63) is 94.0 Å². The molecule has 0 bridgehead atoms. The minimum absolute atomic E-state index is 0.156. The lowest BCUT2D eigenvalue weighted by molar-refractivity contribution is -0.120. The number of anilines is 1. The summed E-state index contributed by atoms with van der Waals surface area (Å²) in [7, 11) is -3.94. The Labute approximate surface area is 197 Å². The molecule has 3 aromatic carbocycles. The van der Waals surface area contributed by atoms with E-state index >= 15 is 0 Å². The van der Waals surface area contributed by atoms with Gasteiger partial charge in [-0.2, -0.15) is 0 Å². The van der Waals surface area contributed by atoms with Gasteiger partial charge in [0, 0.05) is 0 Å². The third-order valence-corrected chi connectivity index (χ3v) is 7.57. The zero-order valence-corrected chi connectivity index (χ0v) is 21.0. The summed E-state index contributed by atoms with van der Waals surface area (Å²) in [6.45, 7) is 11.3. The molecule has 0 saturated carbocycles. The first-order valence-electron chi connectivity index (χ1n) is 11.0. The summed E-state index contributed by atoms with van der Waals surface area (Å²) in [6, 6.07) is 18.1. The van der Waals surface area contributed by atoms with E-state index in [4.69, 9.17) is 0 Å². The number of hydrogen-bond acceptors (Lipinski definition) is 3. The zero-order chi connectivity index (χ0) is 24.3. The van der Waals surface area contributed by atoms with E-state index in [0.717, 1.165) is 33.4 Å². The maximum Gasteiger partial charge on any atom is 0.264 e. The van der Waals surface area contributed by atoms with E-state index in [1.807, 2.05) is 71.9 Å². The number of hydrogen-bond donors (Lipinski definition) is 1. The molecule has 3 aromatic rings. The van der Waals surface area contributed by atoms with Gasteiger partial charge in [0.05, 0.1) is 16.6 Å². The first kappa shape index (κ1) is 24.5. The Bertz CT molecular complexity index is 1270. The highest BCUT2D eigenvalue weighted by Crippen LogP contribution is 2.28. The largest absolute Gasteiger partial charge is 0.348 e. The topological polar surface area (TPSA) is 66.5 Å². The van der Waals surface area contributed by atoms with Crippen molar-refractivity contribution in [3.63, 3.8) is 0 Å². The molecule has 0 aliphatic heterocycles. The summed E-state index contributed by atoms with van der Waals surface area (Å²) in [6.07, 6.45) is 0. The van der Waals surface area contributed by atoms with Crippen LogP contribution in [0.2, 0.25) is 0 Å². The molecule has 1 amide bonds. The summed E-state index contributed by atoms with van der Waals surface area (Å²) >= 11 is 0. The minimum atomic E-state index is -3.94. The molecule has 174 valence electrons. The lowest BCUT2D eigenvalue weighted by atomic mass is 10.00. The quantitative estimate of drug-likeness (QED) is 0.516. The maximum atomic E-state index is 13.6. The number of nitrogens with zero attached hydrogens (tertiary/aromatic N) is 1. The van der Waals surface area contributed by atoms with Gasteiger partial charge in [0.1, 0.15) is 6.54 Å². The monoisotopic (exact) mass is 464 g/mol. The van der Waals surface area contributed by atoms with Gasteiger partial charge in [-0.1, -0.05) is 59.2 Å². The van der Waals surface area contributed by atoms with E-state index in [0.29, 0.717) is 5.69 Å². The van der Waals surface area contributed by atoms with Crippen LogP contribution in [0.15, 0.2) is 65.6 Å². The van der Waals surface area contributed by atoms with E-state index in [9.17, 15) is 13.2 Å². The normalized spacial score (nSPS) is 12.3. The van der Waals surface area contributed by atoms with Crippen molar-refractivity contribution in [2.75, 3.05) is 10.8 Å². The molecule has 1 unspecified atom stereocenters. The Balaban J connectivity index is 1.95. The zero-order valence-electron chi connectivity index (χ0n) is 20.1. The SMILES string of the molecule is Cc1ccc(S(=O)(=O)N(CC(=O)NC(C)c2cc(C)ccc2C)c2ccc(C)cc2C)cc1. The number of aryl methyl sites for hydroxylation is 5. The lowest BCUT2D eigenvalue weighted by Crippen LogP contribution is -2.42. The van der Waals surface area contributed by atoms with Gasteiger partial charge >= 0.3 is 0 Å². The van der Waals surface area contributed by atoms with Crippen molar-refractivity contribution < 1.29 is 13.2 Å². The number of carbonyl (C=O) groups is 1. The molecule has 0 aliphatic carbocycles. The Kier molecular flexibility index (Phi) is 7.28. The molecule has 0 aliphatic rings. The number of benzene rings is 3. The second-order valence-corrected chi connectivity index (χ2v) is 10.6. The Morgan fingerprint density at radius 1 is 0.818 bits per heavy atom. The van der Waals surface area contributed by atoms with Gasteiger partial charge in [-0.25, -0.2) is 8.42 Å². The van der Waals surface area contributed by atoms with Crippen molar-refractivity contribution >= 4 is 21.6 Å². The van der Waals surface area contributed by atoms with Crippen molar-refractivity contribution in [1.29, 1.82) is 0 Å². The van der Waals surface area contributed by atoms with E-state index in [1.165, 1.54) is 4.31 Å². The molecule has 0 fully saturated rings. The third kappa shape index (κ3) is 5.63. The second-order valence-electron chi connectivity index (χ2n) is 8.76. The highest BCUT2D eigenvalue weighted by Gasteiger charge is 2.29. The fourth-order valence-electron chi connectivity index (χ4n) is 3.94. The van der Waals surface area contributed by atoms with Crippen LogP contribution in [-0.2, 0) is 14.8 Å². The average Bonchev–Trinajstić information content (AvgIpc) is 2.74. The standard InChI is InChI=1S/C27H32N2O3S/c1-18-8-12-24(13-9-18)33(31,32)29(26-14-10-19(2)15-22(26)5)17-27(30)28-23(6)25-16-20(3)7-11-21(25)4/h7-16,23H,17H2,1-6H3,(H,28,30). The van der Waals surface area contributed by atoms with Gasteiger partial charge in [-0.15, -0.1) is 0 Å². The summed E-state index contributed by atoms with van der Waals surface area (Å²) < 4.78 is 28.4. The summed E-state index contributed by atoms with van der Waals surface area (Å²) in [4.78, 5) is 13.3. The third-order valence-electron chi connectivity index (χ3n) is 5.80. The fourth-order valence-corrected chi connectivity index (χ4v) is 5.43. The predicted octanol–water partition coefficient (Wildman–Crippen LogP) is 5.30. The fraction of sp³-hybridized carbons (Fsp3) is 0.296. The van der Waals surface area contributed by atoms with Crippen molar-refractivity contribution in [2.45, 2.75) is 52.5 Å². The van der Waals surface area contributed by atoms with Gasteiger partial charge < -0.3 is 5.32 Å². The van der Waals surface area contributed by atoms with Crippen LogP contribution in [0.5, 0.6) is 0 Å². The van der Waals surface area contributed by atoms with Gasteiger partial charge in [0.15, 0.2) is 0 Å². The Morgan fingerprint density at radius 3 is 2.03 bits per heavy atom. The molecule has 33 heavy (non-hydrogen) atoms. The van der Waals surface area contributed by atoms with E-state index in [-0.39, 0.29) is 23.4 Å². The number of rotatable bonds is 7. The molecular formula is C27H32N2O3S. The van der Waals surface area contributed by atoms with E-state index in [1.54, 1.807) is 30.3 Å². The summed E-state index contributed by atoms with van der Waals surface area (Å²) in [5.41, 5.74) is 6.48. The van der Waals surface area contributed by atoms with Gasteiger partial charge in [-0.05, 0) is 76.4 Å². The molecule has 5 nitrogen and oxygen atoms in total. The molecule has 0 spiro atoms. The second kappa shape index (κ2) is 9.79. The van der Waals surface area contributed by atoms with Crippen LogP contribution in [0.4, 0.5) is 5.69 Å². The molecule has 3 rings (SSSR count). The first-order chi connectivity index (χ1) is 15.5. The van der Waals surface area contributed by atoms with Crippen LogP contribution < -0.4 is 9.62 Å². The van der Waals surface area contributed by atoms with Crippen LogP contribution in [-0.4, -0.2) is 20.9 Å². The van der Waals surface area contributed by atoms with Crippen LogP contribution in [0, 0.1) is 34.6 Å². The molecule has 1 atom stereocenters. The highest BCUT2D eigenvalue weighted by atomic mass is 32.2. The van der Waals surface area contributed by atoms with Crippen LogP contribution in [0.1, 0.15) is 46.3 Å². The number of carbonyl (C=O) groups excluding carboxylic acids is 1. The Hall–Kier alpha value is -3.12. The molecule has 0 radical (unpaired) electrons. The number of nitrogens with one attached hydrogen (secondary N) is 1. The molecule has 1 N–H and O–H groups in total. The van der Waals surface area contributed by atoms with Gasteiger partial charge in [-0.3, -0.25) is 9.10 Å². The average molecular weight is 465 g/mol. The highest BCUT2D eigenvalue weighted by molar-refractivity contribution is 7.92. The van der Waals surface area contributed by atoms with Crippen LogP contribution >= 0.6 is 0 Å². The van der Waals surface area contributed by atoms with E-state index in [2.05, 4.69) is 5.32 Å². The van der Waals surface area contributed by atoms with E-state index < -0.39 is 10.0 Å². The lowest BCUT2D eigenvalue weighted by Gasteiger charge is -2.27. The molecule has 0 heterocycles. The minimum Gasteiger partial charge on any atom is -0.348 e. The molecular weight excluding hydrogens is 432 g/mol. The predicted molar refractivity (Wildman–Crippen MR) is 134 cm³/mol. The number of amides is 1. The molecule has 0 aromatic heterocycles. The molecule has 0 saturated heterocycles. The molecule has 6 heteroatoms. The van der Waals surface area contributed by atoms with Gasteiger partial charge in [0.25, 0.3) is 10.0 Å². The summed E-state index contributed by atoms with van der Waals surface area (Å²) in [5, 5.41) is 2.98. The smallest absolute Gasteiger partial charge is 0.264 e. The van der Waals surface area contributed by atoms with Crippen LogP contribution in [0.3, 0.4) is 0 Å². The summed E-state index contributed by atoms with van der Waals surface area (Å²) in [5.74, 6) is -0.362. The van der Waals surface area contributed by atoms with Gasteiger partial charge in [0.2, 0.25) is 5.91 Å². The van der Waals surface area contributed by atoms with Crippen molar-refractivity contribution in [2.24, 2.45) is 0 Å². The Morgan fingerprint density at radius 2 is 1.39 bits per heavy atom. The first-order valence-corrected chi connectivity index (χ1v) is 12.5. The van der Waals surface area contributed by atoms with Crippen molar-refractivity contribution in [3.8, 4) is 0 Å². The number of sulfonamides is 1. The van der Waals surface area contributed by atoms with Crippen LogP contribution in [0.25, 0.3) is 0 Å².